The van der Waals surface area contributed by atoms with Crippen LogP contribution < -0.4 is 10.6 Å². The van der Waals surface area contributed by atoms with Crippen molar-refractivity contribution in [3.8, 4) is 0 Å². The molecule has 0 unspecified atom stereocenters. The van der Waals surface area contributed by atoms with Gasteiger partial charge in [-0.2, -0.15) is 8.78 Å². The largest absolute Gasteiger partial charge is 0.362 e. The number of aromatic nitrogens is 2. The number of alkyl halides is 2. The van der Waals surface area contributed by atoms with Gasteiger partial charge >= 0.3 is 0 Å². The van der Waals surface area contributed by atoms with Crippen LogP contribution in [0.4, 0.5) is 20.3 Å². The molecule has 4 rings (SSSR count). The normalized spacial score (nSPS) is 11.4. The van der Waals surface area contributed by atoms with E-state index in [0.717, 1.165) is 15.8 Å². The first-order valence-electron chi connectivity index (χ1n) is 9.21. The molecule has 0 radical (unpaired) electrons. The van der Waals surface area contributed by atoms with E-state index in [1.54, 1.807) is 18.2 Å². The summed E-state index contributed by atoms with van der Waals surface area (Å²) in [7, 11) is 0. The number of anilines is 2. The number of carbonyl (C=O) groups is 1. The van der Waals surface area contributed by atoms with E-state index < -0.39 is 12.5 Å². The summed E-state index contributed by atoms with van der Waals surface area (Å²) >= 11 is 1.39. The Kier molecular flexibility index (Phi) is 5.41. The summed E-state index contributed by atoms with van der Waals surface area (Å²) in [5, 5.41) is 7.29. The van der Waals surface area contributed by atoms with Gasteiger partial charge in [0.15, 0.2) is 0 Å². The molecule has 0 fully saturated rings. The number of nitrogens with zero attached hydrogens (tertiary/aromatic N) is 2. The molecule has 8 heteroatoms. The molecule has 30 heavy (non-hydrogen) atoms. The van der Waals surface area contributed by atoms with Gasteiger partial charge in [0, 0.05) is 16.8 Å². The molecular weight excluding hydrogens is 406 g/mol. The maximum atomic E-state index is 14.7. The number of fused-ring (bicyclic) bond motifs is 1. The number of thiophene rings is 1. The summed E-state index contributed by atoms with van der Waals surface area (Å²) in [5.41, 5.74) is 2.49. The molecule has 0 bridgehead atoms. The van der Waals surface area contributed by atoms with Crippen molar-refractivity contribution < 1.29 is 13.6 Å². The van der Waals surface area contributed by atoms with Gasteiger partial charge in [-0.05, 0) is 42.6 Å². The van der Waals surface area contributed by atoms with Crippen LogP contribution in [0, 0.1) is 6.92 Å². The lowest BCUT2D eigenvalue weighted by Gasteiger charge is -2.18. The predicted molar refractivity (Wildman–Crippen MR) is 115 cm³/mol. The lowest BCUT2D eigenvalue weighted by atomic mass is 10.1. The minimum atomic E-state index is -3.12. The van der Waals surface area contributed by atoms with Gasteiger partial charge in [-0.1, -0.05) is 29.8 Å². The lowest BCUT2D eigenvalue weighted by molar-refractivity contribution is 0.0106. The number of rotatable bonds is 6. The van der Waals surface area contributed by atoms with E-state index in [2.05, 4.69) is 20.6 Å². The molecule has 2 aromatic carbocycles. The van der Waals surface area contributed by atoms with Gasteiger partial charge in [-0.15, -0.1) is 11.3 Å². The number of carbonyl (C=O) groups excluding carboxylic acids is 1. The average Bonchev–Trinajstić information content (AvgIpc) is 3.22. The highest BCUT2D eigenvalue weighted by atomic mass is 32.1. The Morgan fingerprint density at radius 1 is 1.10 bits per heavy atom. The van der Waals surface area contributed by atoms with Crippen LogP contribution in [-0.2, 0) is 5.92 Å². The quantitative estimate of drug-likeness (QED) is 0.432. The second kappa shape index (κ2) is 8.16. The molecule has 0 aliphatic heterocycles. The summed E-state index contributed by atoms with van der Waals surface area (Å²) in [6.07, 6.45) is 1.35. The van der Waals surface area contributed by atoms with E-state index in [0.29, 0.717) is 17.1 Å². The standard InChI is InChI=1S/C22H18F2N4OS/c1-14-3-2-4-15(11-14)21(29)28-17-7-5-16(6-8-17)22(23,24)12-25-20-19-18(9-10-30-19)26-13-27-20/h2-11,13H,12H2,1H3,(H,28,29)(H,25,26,27). The molecule has 0 saturated heterocycles. The third-order valence-electron chi connectivity index (χ3n) is 4.57. The second-order valence-corrected chi connectivity index (χ2v) is 7.73. The average molecular weight is 424 g/mol. The molecule has 0 atom stereocenters. The Hall–Kier alpha value is -3.39. The fourth-order valence-electron chi connectivity index (χ4n) is 3.00. The van der Waals surface area contributed by atoms with E-state index in [1.165, 1.54) is 41.9 Å². The highest BCUT2D eigenvalue weighted by molar-refractivity contribution is 7.17. The van der Waals surface area contributed by atoms with Gasteiger partial charge in [0.05, 0.1) is 16.8 Å². The molecule has 0 spiro atoms. The monoisotopic (exact) mass is 424 g/mol. The van der Waals surface area contributed by atoms with Crippen LogP contribution in [0.3, 0.4) is 0 Å². The molecule has 152 valence electrons. The topological polar surface area (TPSA) is 66.9 Å². The summed E-state index contributed by atoms with van der Waals surface area (Å²) in [6, 6.07) is 14.5. The Morgan fingerprint density at radius 3 is 2.67 bits per heavy atom. The smallest absolute Gasteiger partial charge is 0.290 e. The molecule has 2 N–H and O–H groups in total. The Morgan fingerprint density at radius 2 is 1.90 bits per heavy atom. The van der Waals surface area contributed by atoms with Crippen LogP contribution in [0.5, 0.6) is 0 Å². The first-order valence-corrected chi connectivity index (χ1v) is 10.1. The van der Waals surface area contributed by atoms with Crippen LogP contribution in [-0.4, -0.2) is 22.4 Å². The summed E-state index contributed by atoms with van der Waals surface area (Å²) in [4.78, 5) is 20.5. The van der Waals surface area contributed by atoms with Crippen molar-refractivity contribution in [1.29, 1.82) is 0 Å². The van der Waals surface area contributed by atoms with Crippen molar-refractivity contribution in [2.75, 3.05) is 17.2 Å². The van der Waals surface area contributed by atoms with Crippen molar-refractivity contribution >= 4 is 39.0 Å². The fraction of sp³-hybridized carbons (Fsp3) is 0.136. The molecular formula is C22H18F2N4OS. The van der Waals surface area contributed by atoms with E-state index in [4.69, 9.17) is 0 Å². The first-order chi connectivity index (χ1) is 14.4. The van der Waals surface area contributed by atoms with Crippen molar-refractivity contribution in [2.45, 2.75) is 12.8 Å². The molecule has 4 aromatic rings. The third kappa shape index (κ3) is 4.28. The van der Waals surface area contributed by atoms with E-state index in [1.807, 2.05) is 24.4 Å². The molecule has 2 aromatic heterocycles. The van der Waals surface area contributed by atoms with Crippen molar-refractivity contribution in [3.63, 3.8) is 0 Å². The van der Waals surface area contributed by atoms with Gasteiger partial charge in [0.2, 0.25) is 0 Å². The van der Waals surface area contributed by atoms with Crippen LogP contribution in [0.2, 0.25) is 0 Å². The number of hydrogen-bond donors (Lipinski definition) is 2. The SMILES string of the molecule is Cc1cccc(C(=O)Nc2ccc(C(F)(F)CNc3ncnc4ccsc34)cc2)c1. The minimum Gasteiger partial charge on any atom is -0.362 e. The Labute approximate surface area is 175 Å². The number of nitrogens with one attached hydrogen (secondary N) is 2. The lowest BCUT2D eigenvalue weighted by Crippen LogP contribution is -2.25. The molecule has 2 heterocycles. The summed E-state index contributed by atoms with van der Waals surface area (Å²) < 4.78 is 30.1. The number of benzene rings is 2. The van der Waals surface area contributed by atoms with Gasteiger partial charge in [-0.3, -0.25) is 4.79 Å². The Bertz CT molecular complexity index is 1190. The maximum Gasteiger partial charge on any atom is 0.290 e. The van der Waals surface area contributed by atoms with E-state index in [9.17, 15) is 13.6 Å². The van der Waals surface area contributed by atoms with E-state index in [-0.39, 0.29) is 11.5 Å². The van der Waals surface area contributed by atoms with Crippen molar-refractivity contribution in [3.05, 3.63) is 83.0 Å². The van der Waals surface area contributed by atoms with Gasteiger partial charge < -0.3 is 10.6 Å². The van der Waals surface area contributed by atoms with Crippen molar-refractivity contribution in [1.82, 2.24) is 9.97 Å². The van der Waals surface area contributed by atoms with Crippen LogP contribution in [0.1, 0.15) is 21.5 Å². The third-order valence-corrected chi connectivity index (χ3v) is 5.48. The number of amides is 1. The van der Waals surface area contributed by atoms with Crippen molar-refractivity contribution in [2.24, 2.45) is 0 Å². The van der Waals surface area contributed by atoms with Crippen LogP contribution in [0.15, 0.2) is 66.3 Å². The number of aryl methyl sites for hydroxylation is 1. The zero-order valence-corrected chi connectivity index (χ0v) is 16.8. The summed E-state index contributed by atoms with van der Waals surface area (Å²) in [6.45, 7) is 1.29. The first kappa shape index (κ1) is 19.9. The number of hydrogen-bond acceptors (Lipinski definition) is 5. The zero-order valence-electron chi connectivity index (χ0n) is 16.0. The van der Waals surface area contributed by atoms with E-state index >= 15 is 0 Å². The predicted octanol–water partition coefficient (Wildman–Crippen LogP) is 5.46. The van der Waals surface area contributed by atoms with Crippen LogP contribution in [0.25, 0.3) is 10.2 Å². The van der Waals surface area contributed by atoms with Gasteiger partial charge in [-0.25, -0.2) is 9.97 Å². The Balaban J connectivity index is 1.43. The molecule has 0 saturated carbocycles. The highest BCUT2D eigenvalue weighted by Gasteiger charge is 2.31. The summed E-state index contributed by atoms with van der Waals surface area (Å²) in [5.74, 6) is -3.02. The van der Waals surface area contributed by atoms with Gasteiger partial charge in [0.25, 0.3) is 11.8 Å². The van der Waals surface area contributed by atoms with Crippen LogP contribution >= 0.6 is 11.3 Å². The maximum absolute atomic E-state index is 14.7. The molecule has 0 aliphatic rings. The second-order valence-electron chi connectivity index (χ2n) is 6.82. The highest BCUT2D eigenvalue weighted by Crippen LogP contribution is 2.31. The minimum absolute atomic E-state index is 0.153. The molecule has 1 amide bonds. The number of halogens is 2. The fourth-order valence-corrected chi connectivity index (χ4v) is 3.81. The molecule has 0 aliphatic carbocycles. The van der Waals surface area contributed by atoms with Gasteiger partial charge in [0.1, 0.15) is 12.1 Å². The molecule has 5 nitrogen and oxygen atoms in total. The zero-order chi connectivity index (χ0) is 21.1.